The molecule has 0 unspecified atom stereocenters. The smallest absolute Gasteiger partial charge is 0.295 e. The van der Waals surface area contributed by atoms with Gasteiger partial charge in [-0.15, -0.1) is 0 Å². The number of sulfonamides is 1. The zero-order valence-corrected chi connectivity index (χ0v) is 15.9. The molecule has 0 amide bonds. The zero-order chi connectivity index (χ0) is 19.6. The maximum absolute atomic E-state index is 12.6. The van der Waals surface area contributed by atoms with Gasteiger partial charge in [-0.1, -0.05) is 0 Å². The van der Waals surface area contributed by atoms with Crippen LogP contribution in [0.3, 0.4) is 0 Å². The van der Waals surface area contributed by atoms with E-state index in [9.17, 15) is 18.5 Å². The van der Waals surface area contributed by atoms with E-state index in [1.54, 1.807) is 6.21 Å². The highest BCUT2D eigenvalue weighted by Crippen LogP contribution is 2.30. The molecule has 10 heteroatoms. The Morgan fingerprint density at radius 1 is 1.26 bits per heavy atom. The number of rotatable bonds is 6. The van der Waals surface area contributed by atoms with E-state index < -0.39 is 14.9 Å². The number of hydrogen-bond donors (Lipinski definition) is 2. The van der Waals surface area contributed by atoms with Crippen molar-refractivity contribution in [1.29, 1.82) is 0 Å². The Kier molecular flexibility index (Phi) is 5.29. The van der Waals surface area contributed by atoms with Crippen LogP contribution < -0.4 is 5.43 Å². The van der Waals surface area contributed by atoms with Crippen LogP contribution in [0.1, 0.15) is 29.8 Å². The van der Waals surface area contributed by atoms with Crippen molar-refractivity contribution in [2.24, 2.45) is 5.10 Å². The summed E-state index contributed by atoms with van der Waals surface area (Å²) in [6.45, 7) is 4.70. The van der Waals surface area contributed by atoms with Crippen molar-refractivity contribution in [2.45, 2.75) is 31.6 Å². The van der Waals surface area contributed by atoms with Gasteiger partial charge >= 0.3 is 0 Å². The molecule has 0 bridgehead atoms. The Morgan fingerprint density at radius 2 is 1.96 bits per heavy atom. The minimum atomic E-state index is -3.72. The predicted octanol–water partition coefficient (Wildman–Crippen LogP) is 2.77. The average molecular weight is 391 g/mol. The van der Waals surface area contributed by atoms with Crippen molar-refractivity contribution in [2.75, 3.05) is 18.5 Å². The number of hydrazone groups is 1. The van der Waals surface area contributed by atoms with Gasteiger partial charge in [0.15, 0.2) is 0 Å². The fourth-order valence-corrected chi connectivity index (χ4v) is 4.58. The van der Waals surface area contributed by atoms with E-state index in [1.807, 2.05) is 19.9 Å². The first-order valence-electron chi connectivity index (χ1n) is 8.53. The molecule has 2 N–H and O–H groups in total. The summed E-state index contributed by atoms with van der Waals surface area (Å²) in [6, 6.07) is 5.72. The molecule has 2 heterocycles. The number of benzene rings is 1. The summed E-state index contributed by atoms with van der Waals surface area (Å²) in [7, 11) is -3.72. The van der Waals surface area contributed by atoms with Crippen LogP contribution >= 0.6 is 0 Å². The SMILES string of the molecule is Cc1cc(/C=N/Nc2ccc(S(=O)(=O)N3CCCC3)cc2[N+](=O)[O-])c(C)[nH]1. The van der Waals surface area contributed by atoms with E-state index in [1.165, 1.54) is 16.4 Å². The normalized spacial score (nSPS) is 15.5. The third-order valence-electron chi connectivity index (χ3n) is 4.45. The number of aryl methyl sites for hydroxylation is 2. The third-order valence-corrected chi connectivity index (χ3v) is 6.34. The van der Waals surface area contributed by atoms with E-state index in [4.69, 9.17) is 0 Å². The van der Waals surface area contributed by atoms with Crippen LogP contribution in [0.4, 0.5) is 11.4 Å². The lowest BCUT2D eigenvalue weighted by Gasteiger charge is -2.15. The maximum Gasteiger partial charge on any atom is 0.295 e. The Balaban J connectivity index is 1.86. The quantitative estimate of drug-likeness (QED) is 0.446. The molecule has 3 rings (SSSR count). The van der Waals surface area contributed by atoms with Gasteiger partial charge in [-0.2, -0.15) is 9.41 Å². The number of nitrogens with zero attached hydrogens (tertiary/aromatic N) is 3. The van der Waals surface area contributed by atoms with Crippen LogP contribution in [-0.4, -0.2) is 41.9 Å². The predicted molar refractivity (Wildman–Crippen MR) is 103 cm³/mol. The molecule has 2 aromatic rings. The molecule has 1 aliphatic heterocycles. The molecule has 9 nitrogen and oxygen atoms in total. The van der Waals surface area contributed by atoms with Crippen LogP contribution in [0.15, 0.2) is 34.3 Å². The largest absolute Gasteiger partial charge is 0.362 e. The highest BCUT2D eigenvalue weighted by Gasteiger charge is 2.29. The monoisotopic (exact) mass is 391 g/mol. The second kappa shape index (κ2) is 7.49. The topological polar surface area (TPSA) is 121 Å². The van der Waals surface area contributed by atoms with Gasteiger partial charge in [-0.3, -0.25) is 15.5 Å². The fourth-order valence-electron chi connectivity index (χ4n) is 3.05. The molecule has 1 saturated heterocycles. The summed E-state index contributed by atoms with van der Waals surface area (Å²) in [5.41, 5.74) is 5.19. The van der Waals surface area contributed by atoms with Gasteiger partial charge in [-0.25, -0.2) is 8.42 Å². The van der Waals surface area contributed by atoms with Gasteiger partial charge < -0.3 is 4.98 Å². The van der Waals surface area contributed by atoms with Crippen LogP contribution in [0.2, 0.25) is 0 Å². The Hall–Kier alpha value is -2.72. The summed E-state index contributed by atoms with van der Waals surface area (Å²) in [5.74, 6) is 0. The van der Waals surface area contributed by atoms with Gasteiger partial charge in [0, 0.05) is 36.1 Å². The Morgan fingerprint density at radius 3 is 2.56 bits per heavy atom. The first-order chi connectivity index (χ1) is 12.8. The van der Waals surface area contributed by atoms with Gasteiger partial charge in [-0.05, 0) is 44.9 Å². The first-order valence-corrected chi connectivity index (χ1v) is 9.97. The van der Waals surface area contributed by atoms with E-state index in [-0.39, 0.29) is 16.3 Å². The molecule has 144 valence electrons. The second-order valence-electron chi connectivity index (χ2n) is 6.45. The van der Waals surface area contributed by atoms with Gasteiger partial charge in [0.1, 0.15) is 5.69 Å². The lowest BCUT2D eigenvalue weighted by atomic mass is 10.2. The number of nitro groups is 1. The minimum absolute atomic E-state index is 0.0808. The van der Waals surface area contributed by atoms with E-state index in [0.717, 1.165) is 35.9 Å². The number of aromatic amines is 1. The second-order valence-corrected chi connectivity index (χ2v) is 8.39. The molecule has 0 saturated carbocycles. The molecule has 0 aliphatic carbocycles. The summed E-state index contributed by atoms with van der Waals surface area (Å²) in [6.07, 6.45) is 3.15. The number of hydrogen-bond acceptors (Lipinski definition) is 6. The lowest BCUT2D eigenvalue weighted by Crippen LogP contribution is -2.27. The zero-order valence-electron chi connectivity index (χ0n) is 15.1. The Bertz CT molecular complexity index is 991. The van der Waals surface area contributed by atoms with Crippen molar-refractivity contribution in [3.8, 4) is 0 Å². The molecule has 1 aromatic heterocycles. The summed E-state index contributed by atoms with van der Waals surface area (Å²) in [5, 5.41) is 15.5. The van der Waals surface area contributed by atoms with E-state index in [0.29, 0.717) is 13.1 Å². The highest BCUT2D eigenvalue weighted by atomic mass is 32.2. The van der Waals surface area contributed by atoms with Crippen LogP contribution in [0, 0.1) is 24.0 Å². The van der Waals surface area contributed by atoms with Crippen molar-refractivity contribution in [3.63, 3.8) is 0 Å². The van der Waals surface area contributed by atoms with Crippen molar-refractivity contribution >= 4 is 27.6 Å². The number of aromatic nitrogens is 1. The molecule has 0 spiro atoms. The highest BCUT2D eigenvalue weighted by molar-refractivity contribution is 7.89. The fraction of sp³-hybridized carbons (Fsp3) is 0.353. The van der Waals surface area contributed by atoms with Crippen LogP contribution in [0.5, 0.6) is 0 Å². The number of H-pyrrole nitrogens is 1. The van der Waals surface area contributed by atoms with Crippen molar-refractivity contribution < 1.29 is 13.3 Å². The van der Waals surface area contributed by atoms with E-state index >= 15 is 0 Å². The maximum atomic E-state index is 12.6. The van der Waals surface area contributed by atoms with Gasteiger partial charge in [0.05, 0.1) is 16.0 Å². The molecule has 1 fully saturated rings. The lowest BCUT2D eigenvalue weighted by molar-refractivity contribution is -0.384. The van der Waals surface area contributed by atoms with Crippen molar-refractivity contribution in [1.82, 2.24) is 9.29 Å². The first kappa shape index (κ1) is 19.1. The Labute approximate surface area is 157 Å². The average Bonchev–Trinajstić information content (AvgIpc) is 3.25. The molecule has 1 aliphatic rings. The third kappa shape index (κ3) is 4.01. The summed E-state index contributed by atoms with van der Waals surface area (Å²) < 4.78 is 26.6. The van der Waals surface area contributed by atoms with Gasteiger partial charge in [0.2, 0.25) is 10.0 Å². The van der Waals surface area contributed by atoms with Crippen LogP contribution in [0.25, 0.3) is 0 Å². The number of nitro benzene ring substituents is 1. The van der Waals surface area contributed by atoms with E-state index in [2.05, 4.69) is 15.5 Å². The summed E-state index contributed by atoms with van der Waals surface area (Å²) in [4.78, 5) is 13.9. The molecule has 1 aromatic carbocycles. The molecular formula is C17H21N5O4S. The number of anilines is 1. The van der Waals surface area contributed by atoms with Gasteiger partial charge in [0.25, 0.3) is 5.69 Å². The van der Waals surface area contributed by atoms with Crippen molar-refractivity contribution in [3.05, 3.63) is 51.3 Å². The summed E-state index contributed by atoms with van der Waals surface area (Å²) >= 11 is 0. The molecule has 0 atom stereocenters. The van der Waals surface area contributed by atoms with Crippen LogP contribution in [-0.2, 0) is 10.0 Å². The molecule has 0 radical (unpaired) electrons. The molecular weight excluding hydrogens is 370 g/mol. The number of nitrogens with one attached hydrogen (secondary N) is 2. The molecule has 27 heavy (non-hydrogen) atoms. The standard InChI is InChI=1S/C17H21N5O4S/c1-12-9-14(13(2)19-12)11-18-20-16-6-5-15(10-17(16)22(23)24)27(25,26)21-7-3-4-8-21/h5-6,9-11,19-20H,3-4,7-8H2,1-2H3/b18-11+. The minimum Gasteiger partial charge on any atom is -0.362 e.